The van der Waals surface area contributed by atoms with Crippen molar-refractivity contribution in [3.63, 3.8) is 0 Å². The summed E-state index contributed by atoms with van der Waals surface area (Å²) in [7, 11) is 3.50. The largest absolute Gasteiger partial charge is 0.477 e. The molecule has 1 aliphatic rings. The molecule has 22 heavy (non-hydrogen) atoms. The lowest BCUT2D eigenvalue weighted by Gasteiger charge is -2.24. The molecule has 114 valence electrons. The molecule has 1 heterocycles. The molecule has 1 aromatic heterocycles. The molecule has 0 fully saturated rings. The van der Waals surface area contributed by atoms with Crippen LogP contribution in [0, 0.1) is 0 Å². The second kappa shape index (κ2) is 5.33. The zero-order valence-corrected chi connectivity index (χ0v) is 12.7. The normalized spacial score (nSPS) is 13.0. The van der Waals surface area contributed by atoms with E-state index in [1.165, 1.54) is 10.2 Å². The van der Waals surface area contributed by atoms with Crippen molar-refractivity contribution in [1.29, 1.82) is 0 Å². The zero-order valence-electron chi connectivity index (χ0n) is 12.7. The van der Waals surface area contributed by atoms with Gasteiger partial charge >= 0.3 is 5.97 Å². The van der Waals surface area contributed by atoms with Gasteiger partial charge < -0.3 is 10.1 Å². The molecule has 0 amide bonds. The summed E-state index contributed by atoms with van der Waals surface area (Å²) in [6, 6.07) is 9.55. The van der Waals surface area contributed by atoms with Crippen LogP contribution >= 0.6 is 0 Å². The van der Waals surface area contributed by atoms with Crippen molar-refractivity contribution in [2.45, 2.75) is 19.3 Å². The minimum Gasteiger partial charge on any atom is -0.477 e. The van der Waals surface area contributed by atoms with Gasteiger partial charge in [0.15, 0.2) is 0 Å². The Bertz CT molecular complexity index is 806. The number of fused-ring (bicyclic) bond motifs is 3. The fraction of sp³-hybridized carbons (Fsp3) is 0.294. The van der Waals surface area contributed by atoms with E-state index in [-0.39, 0.29) is 5.56 Å². The molecular weight excluding hydrogens is 280 g/mol. The first-order chi connectivity index (χ1) is 10.5. The van der Waals surface area contributed by atoms with Crippen LogP contribution in [0.25, 0.3) is 11.3 Å². The molecule has 1 aromatic carbocycles. The second-order valence-electron chi connectivity index (χ2n) is 5.71. The molecule has 0 radical (unpaired) electrons. The van der Waals surface area contributed by atoms with Crippen molar-refractivity contribution in [1.82, 2.24) is 4.68 Å². The number of aryl methyl sites for hydroxylation is 2. The van der Waals surface area contributed by atoms with E-state index in [2.05, 4.69) is 6.07 Å². The number of aromatic carboxylic acids is 1. The van der Waals surface area contributed by atoms with E-state index in [1.54, 1.807) is 25.2 Å². The van der Waals surface area contributed by atoms with Gasteiger partial charge in [-0.3, -0.25) is 4.79 Å². The Morgan fingerprint density at radius 2 is 1.86 bits per heavy atom. The summed E-state index contributed by atoms with van der Waals surface area (Å²) in [5, 5.41) is 11.0. The molecule has 0 bridgehead atoms. The number of carboxylic acid groups (broad SMARTS) is 1. The Kier molecular flexibility index (Phi) is 3.48. The van der Waals surface area contributed by atoms with E-state index >= 15 is 0 Å². The van der Waals surface area contributed by atoms with Crippen molar-refractivity contribution in [2.24, 2.45) is 0 Å². The van der Waals surface area contributed by atoms with E-state index in [1.807, 2.05) is 18.2 Å². The van der Waals surface area contributed by atoms with Crippen molar-refractivity contribution in [3.05, 3.63) is 57.4 Å². The maximum Gasteiger partial charge on any atom is 0.341 e. The van der Waals surface area contributed by atoms with Crippen LogP contribution in [0.4, 0.5) is 0 Å². The number of hydrogen-bond acceptors (Lipinski definition) is 3. The van der Waals surface area contributed by atoms with Crippen LogP contribution in [0.15, 0.2) is 35.1 Å². The average molecular weight is 298 g/mol. The van der Waals surface area contributed by atoms with Crippen molar-refractivity contribution in [2.75, 3.05) is 19.1 Å². The molecule has 0 aliphatic heterocycles. The predicted molar refractivity (Wildman–Crippen MR) is 85.2 cm³/mol. The van der Waals surface area contributed by atoms with Gasteiger partial charge in [0.1, 0.15) is 5.56 Å². The summed E-state index contributed by atoms with van der Waals surface area (Å²) in [5.74, 6) is -1.18. The molecular formula is C17H18N2O3. The maximum absolute atomic E-state index is 12.6. The van der Waals surface area contributed by atoms with E-state index < -0.39 is 11.5 Å². The number of rotatable bonds is 2. The lowest BCUT2D eigenvalue weighted by atomic mass is 10.0. The standard InChI is InChI=1S/C17H18N2O3/c1-18(2)19-15-12(10-14(16(19)20)17(21)22)8-5-7-11-6-3-4-9-13(11)15/h3-4,6,9-10H,5,7-8H2,1-2H3,(H,21,22). The molecule has 5 nitrogen and oxygen atoms in total. The van der Waals surface area contributed by atoms with E-state index in [9.17, 15) is 14.7 Å². The van der Waals surface area contributed by atoms with Gasteiger partial charge in [-0.1, -0.05) is 24.3 Å². The van der Waals surface area contributed by atoms with Crippen LogP contribution < -0.4 is 10.6 Å². The SMILES string of the molecule is CN(C)n1c2c(cc(C(=O)O)c1=O)CCCc1ccccc1-2. The summed E-state index contributed by atoms with van der Waals surface area (Å²) in [5.41, 5.74) is 3.26. The van der Waals surface area contributed by atoms with Gasteiger partial charge in [-0.05, 0) is 36.5 Å². The van der Waals surface area contributed by atoms with E-state index in [4.69, 9.17) is 0 Å². The van der Waals surface area contributed by atoms with Crippen LogP contribution in [0.1, 0.15) is 27.9 Å². The Morgan fingerprint density at radius 1 is 1.18 bits per heavy atom. The number of hydrogen-bond donors (Lipinski definition) is 1. The van der Waals surface area contributed by atoms with Crippen molar-refractivity contribution in [3.8, 4) is 11.3 Å². The summed E-state index contributed by atoms with van der Waals surface area (Å²) in [4.78, 5) is 24.0. The molecule has 1 N–H and O–H groups in total. The highest BCUT2D eigenvalue weighted by molar-refractivity contribution is 5.88. The minimum absolute atomic E-state index is 0.174. The molecule has 3 rings (SSSR count). The summed E-state index contributed by atoms with van der Waals surface area (Å²) >= 11 is 0. The fourth-order valence-corrected chi connectivity index (χ4v) is 3.11. The Hall–Kier alpha value is -2.56. The molecule has 5 heteroatoms. The lowest BCUT2D eigenvalue weighted by molar-refractivity contribution is 0.0694. The predicted octanol–water partition coefficient (Wildman–Crippen LogP) is 1.90. The number of nitrogens with zero attached hydrogens (tertiary/aromatic N) is 2. The summed E-state index contributed by atoms with van der Waals surface area (Å²) in [6.07, 6.45) is 2.63. The van der Waals surface area contributed by atoms with Crippen LogP contribution in [-0.2, 0) is 12.8 Å². The average Bonchev–Trinajstić information content (AvgIpc) is 2.65. The van der Waals surface area contributed by atoms with Gasteiger partial charge in [-0.25, -0.2) is 9.47 Å². The second-order valence-corrected chi connectivity index (χ2v) is 5.71. The first kappa shape index (κ1) is 14.4. The van der Waals surface area contributed by atoms with Crippen LogP contribution in [0.5, 0.6) is 0 Å². The molecule has 0 spiro atoms. The summed E-state index contributed by atoms with van der Waals surface area (Å²) < 4.78 is 1.48. The van der Waals surface area contributed by atoms with Gasteiger partial charge in [0.25, 0.3) is 5.56 Å². The molecule has 0 saturated heterocycles. The van der Waals surface area contributed by atoms with E-state index in [0.29, 0.717) is 0 Å². The van der Waals surface area contributed by atoms with Gasteiger partial charge in [-0.2, -0.15) is 0 Å². The van der Waals surface area contributed by atoms with Gasteiger partial charge in [0, 0.05) is 19.7 Å². The number of carbonyl (C=O) groups is 1. The van der Waals surface area contributed by atoms with Crippen LogP contribution in [-0.4, -0.2) is 29.8 Å². The highest BCUT2D eigenvalue weighted by Crippen LogP contribution is 2.31. The first-order valence-corrected chi connectivity index (χ1v) is 7.29. The maximum atomic E-state index is 12.6. The number of benzene rings is 1. The minimum atomic E-state index is -1.18. The molecule has 0 unspecified atom stereocenters. The van der Waals surface area contributed by atoms with Crippen LogP contribution in [0.3, 0.4) is 0 Å². The van der Waals surface area contributed by atoms with Crippen molar-refractivity contribution < 1.29 is 9.90 Å². The number of aromatic nitrogens is 1. The van der Waals surface area contributed by atoms with Crippen molar-refractivity contribution >= 4 is 5.97 Å². The van der Waals surface area contributed by atoms with Gasteiger partial charge in [-0.15, -0.1) is 0 Å². The molecule has 0 saturated carbocycles. The highest BCUT2D eigenvalue weighted by atomic mass is 16.4. The smallest absolute Gasteiger partial charge is 0.341 e. The quantitative estimate of drug-likeness (QED) is 0.920. The fourth-order valence-electron chi connectivity index (χ4n) is 3.11. The van der Waals surface area contributed by atoms with Gasteiger partial charge in [0.2, 0.25) is 0 Å². The van der Waals surface area contributed by atoms with E-state index in [0.717, 1.165) is 36.1 Å². The lowest BCUT2D eigenvalue weighted by Crippen LogP contribution is -2.40. The highest BCUT2D eigenvalue weighted by Gasteiger charge is 2.24. The molecule has 0 atom stereocenters. The Morgan fingerprint density at radius 3 is 2.55 bits per heavy atom. The first-order valence-electron chi connectivity index (χ1n) is 7.29. The zero-order chi connectivity index (χ0) is 15.9. The summed E-state index contributed by atoms with van der Waals surface area (Å²) in [6.45, 7) is 0. The van der Waals surface area contributed by atoms with Gasteiger partial charge in [0.05, 0.1) is 5.69 Å². The number of pyridine rings is 1. The molecule has 1 aliphatic carbocycles. The Labute approximate surface area is 128 Å². The Balaban J connectivity index is 2.43. The third-order valence-electron chi connectivity index (χ3n) is 4.05. The number of carboxylic acids is 1. The topological polar surface area (TPSA) is 62.5 Å². The molecule has 2 aromatic rings. The third kappa shape index (κ3) is 2.19. The van der Waals surface area contributed by atoms with Crippen LogP contribution in [0.2, 0.25) is 0 Å². The third-order valence-corrected chi connectivity index (χ3v) is 4.05. The monoisotopic (exact) mass is 298 g/mol.